The lowest BCUT2D eigenvalue weighted by molar-refractivity contribution is -0.133. The van der Waals surface area contributed by atoms with Crippen LogP contribution in [0, 0.1) is 0 Å². The first-order valence-corrected chi connectivity index (χ1v) is 10.8. The Balaban J connectivity index is 1.59. The summed E-state index contributed by atoms with van der Waals surface area (Å²) in [5, 5.41) is 5.21. The van der Waals surface area contributed by atoms with Crippen LogP contribution in [-0.2, 0) is 16.1 Å². The number of fused-ring (bicyclic) bond motifs is 1. The number of morpholine rings is 1. The summed E-state index contributed by atoms with van der Waals surface area (Å²) in [5.41, 5.74) is 9.19. The predicted molar refractivity (Wildman–Crippen MR) is 123 cm³/mol. The number of hydrogen-bond acceptors (Lipinski definition) is 5. The first-order valence-electron chi connectivity index (χ1n) is 10.8. The maximum atomic E-state index is 13.6. The monoisotopic (exact) mass is 441 g/mol. The van der Waals surface area contributed by atoms with Gasteiger partial charge in [0.15, 0.2) is 11.8 Å². The second-order valence-corrected chi connectivity index (χ2v) is 7.96. The average molecular weight is 441 g/mol. The predicted octanol–water partition coefficient (Wildman–Crippen LogP) is 2.47. The highest BCUT2D eigenvalue weighted by Crippen LogP contribution is 2.27. The fourth-order valence-electron chi connectivity index (χ4n) is 4.03. The summed E-state index contributed by atoms with van der Waals surface area (Å²) in [6.07, 6.45) is 0.869. The Labute approximate surface area is 190 Å². The second-order valence-electron chi connectivity index (χ2n) is 7.96. The zero-order valence-corrected chi connectivity index (χ0v) is 17.9. The Kier molecular flexibility index (Phi) is 5.58. The molecule has 1 saturated heterocycles. The van der Waals surface area contributed by atoms with Gasteiger partial charge in [-0.15, -0.1) is 0 Å². The fraction of sp³-hybridized carbons (Fsp3) is 0.200. The molecule has 0 radical (unpaired) electrons. The van der Waals surface area contributed by atoms with Gasteiger partial charge in [-0.3, -0.25) is 9.59 Å². The summed E-state index contributed by atoms with van der Waals surface area (Å²) in [7, 11) is 0. The van der Waals surface area contributed by atoms with Gasteiger partial charge in [0.2, 0.25) is 5.91 Å². The first kappa shape index (κ1) is 20.8. The van der Waals surface area contributed by atoms with Gasteiger partial charge in [0.25, 0.3) is 5.91 Å². The molecule has 2 aromatic heterocycles. The Morgan fingerprint density at radius 2 is 1.79 bits per heavy atom. The van der Waals surface area contributed by atoms with Crippen LogP contribution < -0.4 is 5.73 Å². The van der Waals surface area contributed by atoms with Crippen LogP contribution in [0.25, 0.3) is 22.3 Å². The molecule has 2 N–H and O–H groups in total. The van der Waals surface area contributed by atoms with E-state index in [4.69, 9.17) is 15.5 Å². The summed E-state index contributed by atoms with van der Waals surface area (Å²) in [5.74, 6) is -0.776. The van der Waals surface area contributed by atoms with Gasteiger partial charge in [-0.25, -0.2) is 9.67 Å². The second kappa shape index (κ2) is 8.84. The van der Waals surface area contributed by atoms with E-state index in [2.05, 4.69) is 5.10 Å². The highest BCUT2D eigenvalue weighted by molar-refractivity contribution is 6.06. The molecule has 4 aromatic rings. The number of nitrogens with zero attached hydrogens (tertiary/aromatic N) is 4. The van der Waals surface area contributed by atoms with Crippen molar-refractivity contribution in [3.8, 4) is 11.3 Å². The van der Waals surface area contributed by atoms with E-state index < -0.39 is 12.0 Å². The van der Waals surface area contributed by atoms with Crippen molar-refractivity contribution >= 4 is 22.8 Å². The number of ether oxygens (including phenoxy) is 1. The minimum absolute atomic E-state index is 0.122. The van der Waals surface area contributed by atoms with Crippen molar-refractivity contribution in [2.24, 2.45) is 5.73 Å². The van der Waals surface area contributed by atoms with Gasteiger partial charge in [-0.1, -0.05) is 60.7 Å². The van der Waals surface area contributed by atoms with Gasteiger partial charge in [0, 0.05) is 12.1 Å². The Morgan fingerprint density at radius 1 is 1.06 bits per heavy atom. The molecular weight excluding hydrogens is 418 g/mol. The third kappa shape index (κ3) is 4.20. The van der Waals surface area contributed by atoms with Gasteiger partial charge in [-0.2, -0.15) is 5.10 Å². The molecule has 0 aliphatic carbocycles. The van der Waals surface area contributed by atoms with Gasteiger partial charge in [0.05, 0.1) is 42.5 Å². The quantitative estimate of drug-likeness (QED) is 0.513. The molecule has 1 unspecified atom stereocenters. The van der Waals surface area contributed by atoms with E-state index in [0.717, 1.165) is 11.1 Å². The van der Waals surface area contributed by atoms with E-state index in [1.54, 1.807) is 21.8 Å². The van der Waals surface area contributed by atoms with Crippen molar-refractivity contribution in [3.63, 3.8) is 0 Å². The van der Waals surface area contributed by atoms with Crippen LogP contribution in [0.5, 0.6) is 0 Å². The standard InChI is InChI=1S/C25H23N5O3/c26-23(31)22-16-29(11-12-33-22)25(32)19-13-21(18-9-5-2-6-10-18)28-24-20(19)14-27-30(24)15-17-7-3-1-4-8-17/h1-10,13-14,22H,11-12,15-16H2,(H2,26,31). The molecule has 8 nitrogen and oxygen atoms in total. The van der Waals surface area contributed by atoms with Crippen LogP contribution in [0.4, 0.5) is 0 Å². The van der Waals surface area contributed by atoms with Gasteiger partial charge >= 0.3 is 0 Å². The minimum Gasteiger partial charge on any atom is -0.367 e. The van der Waals surface area contributed by atoms with E-state index in [9.17, 15) is 9.59 Å². The molecular formula is C25H23N5O3. The lowest BCUT2D eigenvalue weighted by atomic mass is 10.1. The molecule has 33 heavy (non-hydrogen) atoms. The smallest absolute Gasteiger partial charge is 0.254 e. The third-order valence-corrected chi connectivity index (χ3v) is 5.76. The molecule has 5 rings (SSSR count). The number of aromatic nitrogens is 3. The average Bonchev–Trinajstić information content (AvgIpc) is 3.27. The lowest BCUT2D eigenvalue weighted by Crippen LogP contribution is -2.50. The van der Waals surface area contributed by atoms with Gasteiger partial charge in [-0.05, 0) is 11.6 Å². The molecule has 1 atom stereocenters. The van der Waals surface area contributed by atoms with Crippen LogP contribution in [0.3, 0.4) is 0 Å². The maximum absolute atomic E-state index is 13.6. The molecule has 2 amide bonds. The number of benzene rings is 2. The highest BCUT2D eigenvalue weighted by atomic mass is 16.5. The van der Waals surface area contributed by atoms with Crippen LogP contribution in [0.1, 0.15) is 15.9 Å². The molecule has 0 saturated carbocycles. The van der Waals surface area contributed by atoms with E-state index in [1.807, 2.05) is 60.7 Å². The number of amides is 2. The topological polar surface area (TPSA) is 103 Å². The van der Waals surface area contributed by atoms with Crippen molar-refractivity contribution in [1.29, 1.82) is 0 Å². The first-order chi connectivity index (χ1) is 16.1. The number of carbonyl (C=O) groups is 2. The molecule has 2 aromatic carbocycles. The lowest BCUT2D eigenvalue weighted by Gasteiger charge is -2.31. The molecule has 166 valence electrons. The summed E-state index contributed by atoms with van der Waals surface area (Å²) in [6.45, 7) is 1.29. The van der Waals surface area contributed by atoms with E-state index in [0.29, 0.717) is 35.4 Å². The van der Waals surface area contributed by atoms with Crippen molar-refractivity contribution in [3.05, 3.63) is 84.1 Å². The number of carbonyl (C=O) groups excluding carboxylic acids is 2. The third-order valence-electron chi connectivity index (χ3n) is 5.76. The largest absolute Gasteiger partial charge is 0.367 e. The van der Waals surface area contributed by atoms with Crippen LogP contribution in [0.15, 0.2) is 72.9 Å². The zero-order chi connectivity index (χ0) is 22.8. The molecule has 0 bridgehead atoms. The van der Waals surface area contributed by atoms with Gasteiger partial charge < -0.3 is 15.4 Å². The number of hydrogen-bond donors (Lipinski definition) is 1. The number of pyridine rings is 1. The zero-order valence-electron chi connectivity index (χ0n) is 17.9. The molecule has 1 aliphatic heterocycles. The fourth-order valence-corrected chi connectivity index (χ4v) is 4.03. The maximum Gasteiger partial charge on any atom is 0.254 e. The summed E-state index contributed by atoms with van der Waals surface area (Å²) in [6, 6.07) is 21.5. The van der Waals surface area contributed by atoms with Gasteiger partial charge in [0.1, 0.15) is 0 Å². The normalized spacial score (nSPS) is 16.1. The summed E-state index contributed by atoms with van der Waals surface area (Å²) >= 11 is 0. The Bertz CT molecular complexity index is 1300. The van der Waals surface area contributed by atoms with Crippen LogP contribution >= 0.6 is 0 Å². The SMILES string of the molecule is NC(=O)C1CN(C(=O)c2cc(-c3ccccc3)nc3c2cnn3Cc2ccccc2)CCO1. The van der Waals surface area contributed by atoms with Crippen molar-refractivity contribution < 1.29 is 14.3 Å². The molecule has 1 aliphatic rings. The van der Waals surface area contributed by atoms with Crippen molar-refractivity contribution in [2.45, 2.75) is 12.6 Å². The Morgan fingerprint density at radius 3 is 2.52 bits per heavy atom. The summed E-state index contributed by atoms with van der Waals surface area (Å²) < 4.78 is 7.21. The van der Waals surface area contributed by atoms with E-state index >= 15 is 0 Å². The highest BCUT2D eigenvalue weighted by Gasteiger charge is 2.30. The molecule has 8 heteroatoms. The molecule has 3 heterocycles. The number of primary amides is 1. The minimum atomic E-state index is -0.811. The van der Waals surface area contributed by atoms with Crippen LogP contribution in [0.2, 0.25) is 0 Å². The summed E-state index contributed by atoms with van der Waals surface area (Å²) in [4.78, 5) is 31.7. The molecule has 0 spiro atoms. The molecule has 1 fully saturated rings. The van der Waals surface area contributed by atoms with Crippen molar-refractivity contribution in [2.75, 3.05) is 19.7 Å². The Hall–Kier alpha value is -4.04. The number of nitrogens with two attached hydrogens (primary N) is 1. The van der Waals surface area contributed by atoms with Crippen LogP contribution in [-0.4, -0.2) is 57.3 Å². The van der Waals surface area contributed by atoms with E-state index in [-0.39, 0.29) is 19.1 Å². The number of rotatable bonds is 5. The van der Waals surface area contributed by atoms with E-state index in [1.165, 1.54) is 0 Å². The van der Waals surface area contributed by atoms with Crippen molar-refractivity contribution in [1.82, 2.24) is 19.7 Å².